The first-order chi connectivity index (χ1) is 12.5. The quantitative estimate of drug-likeness (QED) is 0.866. The normalized spacial score (nSPS) is 16.3. The molecule has 0 saturated carbocycles. The van der Waals surface area contributed by atoms with Crippen LogP contribution in [0.3, 0.4) is 0 Å². The Bertz CT molecular complexity index is 811. The molecule has 1 aliphatic rings. The monoisotopic (exact) mass is 352 g/mol. The summed E-state index contributed by atoms with van der Waals surface area (Å²) in [6, 6.07) is 12.5. The highest BCUT2D eigenvalue weighted by molar-refractivity contribution is 6.06. The van der Waals surface area contributed by atoms with E-state index in [9.17, 15) is 9.59 Å². The van der Waals surface area contributed by atoms with Crippen LogP contribution in [0.25, 0.3) is 0 Å². The third-order valence-electron chi connectivity index (χ3n) is 4.67. The molecule has 26 heavy (non-hydrogen) atoms. The zero-order valence-corrected chi connectivity index (χ0v) is 15.2. The Morgan fingerprint density at radius 1 is 1.04 bits per heavy atom. The fourth-order valence-corrected chi connectivity index (χ4v) is 2.94. The van der Waals surface area contributed by atoms with Gasteiger partial charge in [0.2, 0.25) is 0 Å². The van der Waals surface area contributed by atoms with Gasteiger partial charge < -0.3 is 15.4 Å². The van der Waals surface area contributed by atoms with Crippen molar-refractivity contribution in [3.05, 3.63) is 64.7 Å². The molecule has 0 aliphatic carbocycles. The number of hydrogen-bond acceptors (Lipinski definition) is 3. The fraction of sp³-hybridized carbons (Fsp3) is 0.333. The summed E-state index contributed by atoms with van der Waals surface area (Å²) >= 11 is 0. The predicted octanol–water partition coefficient (Wildman–Crippen LogP) is 3.46. The average molecular weight is 352 g/mol. The van der Waals surface area contributed by atoms with Gasteiger partial charge >= 0.3 is 0 Å². The summed E-state index contributed by atoms with van der Waals surface area (Å²) in [5.74, 6) is -0.427. The maximum atomic E-state index is 12.5. The van der Waals surface area contributed by atoms with Crippen molar-refractivity contribution in [2.75, 3.05) is 18.5 Å². The maximum Gasteiger partial charge on any atom is 0.255 e. The van der Waals surface area contributed by atoms with Gasteiger partial charge in [-0.1, -0.05) is 12.1 Å². The van der Waals surface area contributed by atoms with Crippen molar-refractivity contribution in [2.24, 2.45) is 0 Å². The zero-order valence-electron chi connectivity index (χ0n) is 15.2. The number of nitrogens with one attached hydrogen (secondary N) is 2. The smallest absolute Gasteiger partial charge is 0.255 e. The highest BCUT2D eigenvalue weighted by atomic mass is 16.5. The standard InChI is InChI=1S/C21H24N2O3/c1-14-8-9-18(11-15(14)2)23-21(25)17-6-3-5-16(12-17)20(24)22-13-19-7-4-10-26-19/h3,5-6,8-9,11-12,19H,4,7,10,13H2,1-2H3,(H,22,24)(H,23,25). The Labute approximate surface area is 153 Å². The summed E-state index contributed by atoms with van der Waals surface area (Å²) in [5.41, 5.74) is 3.95. The van der Waals surface area contributed by atoms with Crippen molar-refractivity contribution in [1.82, 2.24) is 5.32 Å². The molecule has 1 aliphatic heterocycles. The zero-order chi connectivity index (χ0) is 18.5. The first-order valence-electron chi connectivity index (χ1n) is 8.91. The number of anilines is 1. The molecule has 1 atom stereocenters. The van der Waals surface area contributed by atoms with Crippen LogP contribution in [0.4, 0.5) is 5.69 Å². The predicted molar refractivity (Wildman–Crippen MR) is 102 cm³/mol. The molecule has 1 heterocycles. The van der Waals surface area contributed by atoms with Crippen molar-refractivity contribution < 1.29 is 14.3 Å². The van der Waals surface area contributed by atoms with E-state index in [1.54, 1.807) is 24.3 Å². The van der Waals surface area contributed by atoms with Crippen LogP contribution in [0, 0.1) is 13.8 Å². The van der Waals surface area contributed by atoms with E-state index in [1.165, 1.54) is 5.56 Å². The van der Waals surface area contributed by atoms with Crippen LogP contribution in [-0.2, 0) is 4.74 Å². The number of rotatable bonds is 5. The summed E-state index contributed by atoms with van der Waals surface area (Å²) in [6.07, 6.45) is 2.10. The molecule has 5 nitrogen and oxygen atoms in total. The Hall–Kier alpha value is -2.66. The highest BCUT2D eigenvalue weighted by Gasteiger charge is 2.17. The molecule has 2 aromatic carbocycles. The minimum Gasteiger partial charge on any atom is -0.376 e. The minimum atomic E-state index is -0.234. The highest BCUT2D eigenvalue weighted by Crippen LogP contribution is 2.16. The third kappa shape index (κ3) is 4.49. The summed E-state index contributed by atoms with van der Waals surface area (Å²) < 4.78 is 5.51. The first-order valence-corrected chi connectivity index (χ1v) is 8.91. The second-order valence-electron chi connectivity index (χ2n) is 6.68. The van der Waals surface area contributed by atoms with Crippen LogP contribution in [0.5, 0.6) is 0 Å². The lowest BCUT2D eigenvalue weighted by Crippen LogP contribution is -2.31. The minimum absolute atomic E-state index is 0.0928. The summed E-state index contributed by atoms with van der Waals surface area (Å²) in [7, 11) is 0. The van der Waals surface area contributed by atoms with Crippen molar-refractivity contribution in [1.29, 1.82) is 0 Å². The fourth-order valence-electron chi connectivity index (χ4n) is 2.94. The molecule has 1 fully saturated rings. The average Bonchev–Trinajstić information content (AvgIpc) is 3.16. The third-order valence-corrected chi connectivity index (χ3v) is 4.67. The number of carbonyl (C=O) groups is 2. The van der Waals surface area contributed by atoms with Crippen LogP contribution < -0.4 is 10.6 Å². The van der Waals surface area contributed by atoms with E-state index in [0.29, 0.717) is 17.7 Å². The Morgan fingerprint density at radius 3 is 2.50 bits per heavy atom. The number of hydrogen-bond donors (Lipinski definition) is 2. The maximum absolute atomic E-state index is 12.5. The SMILES string of the molecule is Cc1ccc(NC(=O)c2cccc(C(=O)NCC3CCCO3)c2)cc1C. The van der Waals surface area contributed by atoms with E-state index in [2.05, 4.69) is 10.6 Å². The van der Waals surface area contributed by atoms with Gasteiger partial charge in [-0.15, -0.1) is 0 Å². The van der Waals surface area contributed by atoms with Gasteiger partial charge in [0, 0.05) is 30.0 Å². The molecule has 0 aromatic heterocycles. The van der Waals surface area contributed by atoms with Crippen LogP contribution in [-0.4, -0.2) is 31.1 Å². The van der Waals surface area contributed by atoms with E-state index in [4.69, 9.17) is 4.74 Å². The lowest BCUT2D eigenvalue weighted by Gasteiger charge is -2.11. The van der Waals surface area contributed by atoms with E-state index >= 15 is 0 Å². The molecular formula is C21H24N2O3. The van der Waals surface area contributed by atoms with Crippen LogP contribution in [0.1, 0.15) is 44.7 Å². The van der Waals surface area contributed by atoms with Gasteiger partial charge in [0.1, 0.15) is 0 Å². The van der Waals surface area contributed by atoms with Crippen LogP contribution in [0.15, 0.2) is 42.5 Å². The molecule has 0 bridgehead atoms. The number of amides is 2. The number of benzene rings is 2. The van der Waals surface area contributed by atoms with Crippen molar-refractivity contribution in [3.63, 3.8) is 0 Å². The number of aryl methyl sites for hydroxylation is 2. The molecule has 5 heteroatoms. The van der Waals surface area contributed by atoms with Crippen LogP contribution >= 0.6 is 0 Å². The van der Waals surface area contributed by atoms with Gasteiger partial charge in [-0.3, -0.25) is 9.59 Å². The Morgan fingerprint density at radius 2 is 1.81 bits per heavy atom. The molecule has 3 rings (SSSR count). The van der Waals surface area contributed by atoms with Crippen molar-refractivity contribution in [2.45, 2.75) is 32.8 Å². The van der Waals surface area contributed by atoms with Gasteiger partial charge in [-0.2, -0.15) is 0 Å². The first kappa shape index (κ1) is 18.1. The molecule has 0 radical (unpaired) electrons. The van der Waals surface area contributed by atoms with Gasteiger partial charge in [0.25, 0.3) is 11.8 Å². The number of carbonyl (C=O) groups excluding carboxylic acids is 2. The number of ether oxygens (including phenoxy) is 1. The van der Waals surface area contributed by atoms with Gasteiger partial charge in [-0.25, -0.2) is 0 Å². The lowest BCUT2D eigenvalue weighted by molar-refractivity contribution is 0.0858. The second kappa shape index (κ2) is 8.15. The summed E-state index contributed by atoms with van der Waals surface area (Å²) in [6.45, 7) is 5.29. The lowest BCUT2D eigenvalue weighted by atomic mass is 10.1. The molecule has 2 N–H and O–H groups in total. The van der Waals surface area contributed by atoms with Crippen LogP contribution in [0.2, 0.25) is 0 Å². The summed E-state index contributed by atoms with van der Waals surface area (Å²) in [5, 5.41) is 5.75. The largest absolute Gasteiger partial charge is 0.376 e. The van der Waals surface area contributed by atoms with Gasteiger partial charge in [0.05, 0.1) is 6.10 Å². The molecular weight excluding hydrogens is 328 g/mol. The molecule has 136 valence electrons. The van der Waals surface area contributed by atoms with Gasteiger partial charge in [-0.05, 0) is 68.1 Å². The summed E-state index contributed by atoms with van der Waals surface area (Å²) in [4.78, 5) is 24.8. The van der Waals surface area contributed by atoms with E-state index in [-0.39, 0.29) is 17.9 Å². The molecule has 1 unspecified atom stereocenters. The van der Waals surface area contributed by atoms with E-state index < -0.39 is 0 Å². The second-order valence-corrected chi connectivity index (χ2v) is 6.68. The van der Waals surface area contributed by atoms with Gasteiger partial charge in [0.15, 0.2) is 0 Å². The Kier molecular flexibility index (Phi) is 5.68. The molecule has 0 spiro atoms. The van der Waals surface area contributed by atoms with E-state index in [0.717, 1.165) is 30.7 Å². The van der Waals surface area contributed by atoms with E-state index in [1.807, 2.05) is 32.0 Å². The Balaban J connectivity index is 1.64. The van der Waals surface area contributed by atoms with Crippen molar-refractivity contribution in [3.8, 4) is 0 Å². The molecule has 1 saturated heterocycles. The topological polar surface area (TPSA) is 67.4 Å². The van der Waals surface area contributed by atoms with Crippen molar-refractivity contribution >= 4 is 17.5 Å². The molecule has 2 amide bonds. The molecule has 2 aromatic rings.